The molecule has 1 aliphatic rings. The average Bonchev–Trinajstić information content (AvgIpc) is 2.37. The van der Waals surface area contributed by atoms with Gasteiger partial charge in [0.15, 0.2) is 0 Å². The fraction of sp³-hybridized carbons (Fsp3) is 0.286. The van der Waals surface area contributed by atoms with Gasteiger partial charge in [0.25, 0.3) is 5.91 Å². The van der Waals surface area contributed by atoms with Crippen molar-refractivity contribution in [3.63, 3.8) is 0 Å². The number of rotatable bonds is 2. The topological polar surface area (TPSA) is 53.4 Å². The monoisotopic (exact) mass is 320 g/mol. The Morgan fingerprint density at radius 3 is 3.00 bits per heavy atom. The Hall–Kier alpha value is -1.46. The normalized spacial score (nSPS) is 18.4. The van der Waals surface area contributed by atoms with Gasteiger partial charge in [-0.05, 0) is 30.7 Å². The van der Waals surface area contributed by atoms with Crippen LogP contribution < -0.4 is 0 Å². The lowest BCUT2D eigenvalue weighted by Crippen LogP contribution is -2.52. The van der Waals surface area contributed by atoms with Crippen LogP contribution in [0.5, 0.6) is 0 Å². The molecule has 0 radical (unpaired) electrons. The van der Waals surface area contributed by atoms with Crippen molar-refractivity contribution in [1.29, 1.82) is 0 Å². The molecule has 0 bridgehead atoms. The summed E-state index contributed by atoms with van der Waals surface area (Å²) < 4.78 is 0.921. The number of likely N-dealkylation sites (tertiary alicyclic amines) is 1. The van der Waals surface area contributed by atoms with E-state index in [-0.39, 0.29) is 18.6 Å². The highest BCUT2D eigenvalue weighted by atomic mass is 79.9. The van der Waals surface area contributed by atoms with Crippen LogP contribution in [0.1, 0.15) is 16.8 Å². The summed E-state index contributed by atoms with van der Waals surface area (Å²) in [5.41, 5.74) is 1.44. The summed E-state index contributed by atoms with van der Waals surface area (Å²) in [6.45, 7) is 0.736. The van der Waals surface area contributed by atoms with Crippen LogP contribution in [-0.4, -0.2) is 40.1 Å². The first-order valence-corrected chi connectivity index (χ1v) is 6.96. The summed E-state index contributed by atoms with van der Waals surface area (Å²) in [6.07, 6.45) is 2.52. The zero-order chi connectivity index (χ0) is 13.4. The number of nitrogens with zero attached hydrogens (tertiary/aromatic N) is 2. The molecule has 1 atom stereocenters. The van der Waals surface area contributed by atoms with Gasteiger partial charge in [-0.15, -0.1) is 0 Å². The molecule has 1 N–H and O–H groups in total. The molecule has 0 saturated carbocycles. The third-order valence-corrected chi connectivity index (χ3v) is 4.04. The number of halogens is 1. The molecule has 1 fully saturated rings. The molecule has 2 aromatic rings. The molecule has 1 aromatic heterocycles. The first-order valence-electron chi connectivity index (χ1n) is 6.17. The lowest BCUT2D eigenvalue weighted by atomic mass is 10.0. The largest absolute Gasteiger partial charge is 0.394 e. The van der Waals surface area contributed by atoms with Crippen molar-refractivity contribution in [3.8, 4) is 0 Å². The third-order valence-electron chi connectivity index (χ3n) is 3.55. The van der Waals surface area contributed by atoms with Gasteiger partial charge < -0.3 is 10.0 Å². The number of aliphatic hydroxyl groups excluding tert-OH is 1. The number of amides is 1. The van der Waals surface area contributed by atoms with E-state index in [1.807, 2.05) is 18.2 Å². The average molecular weight is 321 g/mol. The molecular weight excluding hydrogens is 308 g/mol. The van der Waals surface area contributed by atoms with Crippen molar-refractivity contribution in [1.82, 2.24) is 9.88 Å². The van der Waals surface area contributed by atoms with E-state index in [0.717, 1.165) is 21.8 Å². The van der Waals surface area contributed by atoms with Crippen molar-refractivity contribution in [2.24, 2.45) is 0 Å². The van der Waals surface area contributed by atoms with Gasteiger partial charge in [0.1, 0.15) is 0 Å². The molecule has 0 aliphatic carbocycles. The Morgan fingerprint density at radius 2 is 2.32 bits per heavy atom. The molecule has 0 spiro atoms. The predicted octanol–water partition coefficient (Wildman–Crippen LogP) is 2.20. The minimum absolute atomic E-state index is 0.0262. The van der Waals surface area contributed by atoms with Gasteiger partial charge >= 0.3 is 0 Å². The highest BCUT2D eigenvalue weighted by Crippen LogP contribution is 2.26. The number of hydrogen-bond acceptors (Lipinski definition) is 3. The molecule has 1 aliphatic heterocycles. The van der Waals surface area contributed by atoms with Gasteiger partial charge in [0.2, 0.25) is 0 Å². The van der Waals surface area contributed by atoms with E-state index < -0.39 is 0 Å². The molecular formula is C14H13BrN2O2. The smallest absolute Gasteiger partial charge is 0.254 e. The number of aliphatic hydroxyl groups is 1. The quantitative estimate of drug-likeness (QED) is 0.923. The van der Waals surface area contributed by atoms with E-state index in [0.29, 0.717) is 12.1 Å². The Kier molecular flexibility index (Phi) is 3.24. The van der Waals surface area contributed by atoms with Gasteiger partial charge in [-0.1, -0.05) is 15.9 Å². The van der Waals surface area contributed by atoms with Gasteiger partial charge in [0.05, 0.1) is 23.7 Å². The number of carbonyl (C=O) groups is 1. The minimum Gasteiger partial charge on any atom is -0.394 e. The highest BCUT2D eigenvalue weighted by Gasteiger charge is 2.32. The van der Waals surface area contributed by atoms with Crippen molar-refractivity contribution < 1.29 is 9.90 Å². The van der Waals surface area contributed by atoms with Crippen LogP contribution in [-0.2, 0) is 0 Å². The van der Waals surface area contributed by atoms with Crippen LogP contribution in [0.2, 0.25) is 0 Å². The SMILES string of the molecule is O=C(c1ccnc2ccc(Br)cc12)N1CC[C@@H]1CO. The Morgan fingerprint density at radius 1 is 1.47 bits per heavy atom. The number of aromatic nitrogens is 1. The molecule has 1 aromatic carbocycles. The number of benzene rings is 1. The lowest BCUT2D eigenvalue weighted by molar-refractivity contribution is 0.0297. The van der Waals surface area contributed by atoms with Crippen molar-refractivity contribution >= 4 is 32.7 Å². The maximum absolute atomic E-state index is 12.5. The second kappa shape index (κ2) is 4.90. The first-order chi connectivity index (χ1) is 9.20. The fourth-order valence-corrected chi connectivity index (χ4v) is 2.72. The van der Waals surface area contributed by atoms with Gasteiger partial charge in [-0.2, -0.15) is 0 Å². The zero-order valence-corrected chi connectivity index (χ0v) is 11.8. The maximum Gasteiger partial charge on any atom is 0.254 e. The van der Waals surface area contributed by atoms with Gasteiger partial charge in [-0.25, -0.2) is 0 Å². The number of hydrogen-bond donors (Lipinski definition) is 1. The van der Waals surface area contributed by atoms with Gasteiger partial charge in [0, 0.05) is 22.6 Å². The number of fused-ring (bicyclic) bond motifs is 1. The fourth-order valence-electron chi connectivity index (χ4n) is 2.36. The summed E-state index contributed by atoms with van der Waals surface area (Å²) >= 11 is 3.42. The molecule has 1 saturated heterocycles. The van der Waals surface area contributed by atoms with Crippen LogP contribution in [0.3, 0.4) is 0 Å². The summed E-state index contributed by atoms with van der Waals surface area (Å²) in [5, 5.41) is 10.0. The molecule has 0 unspecified atom stereocenters. The molecule has 19 heavy (non-hydrogen) atoms. The summed E-state index contributed by atoms with van der Waals surface area (Å²) in [7, 11) is 0. The standard InChI is InChI=1S/C14H13BrN2O2/c15-9-1-2-13-12(7-9)11(3-5-16-13)14(19)17-6-4-10(17)8-18/h1-3,5,7,10,18H,4,6,8H2/t10-/m1/s1. The lowest BCUT2D eigenvalue weighted by Gasteiger charge is -2.40. The molecule has 98 valence electrons. The summed E-state index contributed by atoms with van der Waals surface area (Å²) in [6, 6.07) is 7.40. The van der Waals surface area contributed by atoms with Crippen LogP contribution in [0.25, 0.3) is 10.9 Å². The number of carbonyl (C=O) groups excluding carboxylic acids is 1. The first kappa shape index (κ1) is 12.6. The van der Waals surface area contributed by atoms with E-state index in [2.05, 4.69) is 20.9 Å². The molecule has 1 amide bonds. The van der Waals surface area contributed by atoms with E-state index >= 15 is 0 Å². The molecule has 5 heteroatoms. The van der Waals surface area contributed by atoms with Crippen LogP contribution in [0, 0.1) is 0 Å². The Bertz CT molecular complexity index is 642. The van der Waals surface area contributed by atoms with Crippen LogP contribution in [0.4, 0.5) is 0 Å². The minimum atomic E-state index is -0.0390. The van der Waals surface area contributed by atoms with Gasteiger partial charge in [-0.3, -0.25) is 9.78 Å². The van der Waals surface area contributed by atoms with E-state index in [1.165, 1.54) is 0 Å². The Balaban J connectivity index is 2.05. The molecule has 3 rings (SSSR count). The maximum atomic E-state index is 12.5. The second-order valence-corrected chi connectivity index (χ2v) is 5.56. The van der Waals surface area contributed by atoms with Crippen molar-refractivity contribution in [2.45, 2.75) is 12.5 Å². The van der Waals surface area contributed by atoms with E-state index in [1.54, 1.807) is 17.2 Å². The predicted molar refractivity (Wildman–Crippen MR) is 76.0 cm³/mol. The highest BCUT2D eigenvalue weighted by molar-refractivity contribution is 9.10. The van der Waals surface area contributed by atoms with E-state index in [9.17, 15) is 9.90 Å². The van der Waals surface area contributed by atoms with Crippen molar-refractivity contribution in [2.75, 3.05) is 13.2 Å². The number of pyridine rings is 1. The summed E-state index contributed by atoms with van der Waals surface area (Å²) in [5.74, 6) is -0.0317. The molecule has 2 heterocycles. The second-order valence-electron chi connectivity index (χ2n) is 4.64. The third kappa shape index (κ3) is 2.13. The Labute approximate surface area is 119 Å². The molecule has 4 nitrogen and oxygen atoms in total. The van der Waals surface area contributed by atoms with E-state index in [4.69, 9.17) is 0 Å². The van der Waals surface area contributed by atoms with Crippen LogP contribution in [0.15, 0.2) is 34.9 Å². The van der Waals surface area contributed by atoms with Crippen LogP contribution >= 0.6 is 15.9 Å². The summed E-state index contributed by atoms with van der Waals surface area (Å²) in [4.78, 5) is 18.5. The zero-order valence-electron chi connectivity index (χ0n) is 10.2. The van der Waals surface area contributed by atoms with Crippen molar-refractivity contribution in [3.05, 3.63) is 40.5 Å².